The van der Waals surface area contributed by atoms with Crippen LogP contribution in [-0.4, -0.2) is 12.1 Å². The van der Waals surface area contributed by atoms with Crippen LogP contribution in [-0.2, 0) is 0 Å². The van der Waals surface area contributed by atoms with Crippen molar-refractivity contribution >= 4 is 28.1 Å². The van der Waals surface area contributed by atoms with Gasteiger partial charge in [-0.15, -0.1) is 0 Å². The first kappa shape index (κ1) is 13.3. The lowest BCUT2D eigenvalue weighted by Gasteiger charge is -2.16. The minimum atomic E-state index is -0.172. The van der Waals surface area contributed by atoms with Crippen molar-refractivity contribution in [1.29, 1.82) is 0 Å². The van der Waals surface area contributed by atoms with Gasteiger partial charge in [-0.1, -0.05) is 31.4 Å². The summed E-state index contributed by atoms with van der Waals surface area (Å²) in [6.45, 7) is 0. The first-order valence-electron chi connectivity index (χ1n) is 6.35. The van der Waals surface area contributed by atoms with Gasteiger partial charge >= 0.3 is 0 Å². The number of nitrogens with zero attached hydrogens (tertiary/aromatic N) is 1. The van der Waals surface area contributed by atoms with Crippen molar-refractivity contribution in [3.8, 4) is 0 Å². The minimum Gasteiger partial charge on any atom is -0.267 e. The Balaban J connectivity index is 1.88. The number of benzene rings is 1. The summed E-state index contributed by atoms with van der Waals surface area (Å²) in [5.41, 5.74) is 3.20. The molecule has 0 aliphatic heterocycles. The van der Waals surface area contributed by atoms with E-state index in [1.807, 2.05) is 24.4 Å². The summed E-state index contributed by atoms with van der Waals surface area (Å²) in [5, 5.41) is 4.07. The molecule has 2 rings (SSSR count). The van der Waals surface area contributed by atoms with Crippen LogP contribution in [0.15, 0.2) is 33.8 Å². The molecular weight excluding hydrogens is 292 g/mol. The van der Waals surface area contributed by atoms with E-state index >= 15 is 0 Å². The number of hydrazone groups is 1. The topological polar surface area (TPSA) is 41.5 Å². The van der Waals surface area contributed by atoms with Crippen molar-refractivity contribution in [3.05, 3.63) is 34.3 Å². The van der Waals surface area contributed by atoms with Gasteiger partial charge in [0.2, 0.25) is 0 Å². The van der Waals surface area contributed by atoms with Gasteiger partial charge < -0.3 is 0 Å². The highest BCUT2D eigenvalue weighted by Crippen LogP contribution is 2.21. The molecule has 1 saturated carbocycles. The van der Waals surface area contributed by atoms with Gasteiger partial charge in [-0.2, -0.15) is 5.10 Å². The molecule has 1 aromatic carbocycles. The van der Waals surface area contributed by atoms with E-state index < -0.39 is 0 Å². The molecule has 3 nitrogen and oxygen atoms in total. The summed E-state index contributed by atoms with van der Waals surface area (Å²) < 4.78 is 0.787. The molecule has 0 unspecified atom stereocenters. The Labute approximate surface area is 116 Å². The van der Waals surface area contributed by atoms with Gasteiger partial charge in [0.1, 0.15) is 0 Å². The maximum absolute atomic E-state index is 11.9. The smallest absolute Gasteiger partial charge is 0.267 e. The summed E-state index contributed by atoms with van der Waals surface area (Å²) >= 11 is 3.35. The molecule has 96 valence electrons. The molecule has 1 N–H and O–H groups in total. The molecular formula is C14H17BrN2O. The third kappa shape index (κ3) is 3.67. The Bertz CT molecular complexity index is 439. The number of nitrogens with one attached hydrogen (secondary N) is 1. The van der Waals surface area contributed by atoms with Crippen LogP contribution >= 0.6 is 15.9 Å². The van der Waals surface area contributed by atoms with Crippen LogP contribution in [0, 0.1) is 5.92 Å². The Morgan fingerprint density at radius 3 is 2.72 bits per heavy atom. The predicted octanol–water partition coefficient (Wildman–Crippen LogP) is 3.75. The fourth-order valence-electron chi connectivity index (χ4n) is 2.19. The van der Waals surface area contributed by atoms with E-state index in [1.165, 1.54) is 32.1 Å². The van der Waals surface area contributed by atoms with Gasteiger partial charge in [-0.3, -0.25) is 4.79 Å². The Kier molecular flexibility index (Phi) is 4.93. The van der Waals surface area contributed by atoms with Crippen LogP contribution in [0.1, 0.15) is 42.5 Å². The standard InChI is InChI=1S/C14H17BrN2O/c15-13-9-5-4-8-12(13)14(18)17-16-10-11-6-2-1-3-7-11/h4-5,8-11H,1-3,6-7H2,(H,17,18). The van der Waals surface area contributed by atoms with E-state index in [1.54, 1.807) is 6.07 Å². The Morgan fingerprint density at radius 1 is 1.28 bits per heavy atom. The quantitative estimate of drug-likeness (QED) is 0.670. The number of halogens is 1. The number of carbonyl (C=O) groups is 1. The lowest BCUT2D eigenvalue weighted by molar-refractivity contribution is 0.0954. The first-order chi connectivity index (χ1) is 8.77. The Hall–Kier alpha value is -1.16. The molecule has 0 heterocycles. The van der Waals surface area contributed by atoms with E-state index in [2.05, 4.69) is 26.5 Å². The largest absolute Gasteiger partial charge is 0.272 e. The summed E-state index contributed by atoms with van der Waals surface area (Å²) in [4.78, 5) is 11.9. The average molecular weight is 309 g/mol. The minimum absolute atomic E-state index is 0.172. The molecule has 1 aliphatic carbocycles. The number of carbonyl (C=O) groups excluding carboxylic acids is 1. The molecule has 0 bridgehead atoms. The highest BCUT2D eigenvalue weighted by atomic mass is 79.9. The van der Waals surface area contributed by atoms with Crippen molar-refractivity contribution in [2.45, 2.75) is 32.1 Å². The zero-order valence-corrected chi connectivity index (χ0v) is 11.8. The van der Waals surface area contributed by atoms with Crippen molar-refractivity contribution in [1.82, 2.24) is 5.43 Å². The van der Waals surface area contributed by atoms with E-state index in [9.17, 15) is 4.79 Å². The van der Waals surface area contributed by atoms with Gasteiger partial charge in [0.05, 0.1) is 5.56 Å². The van der Waals surface area contributed by atoms with Crippen LogP contribution in [0.5, 0.6) is 0 Å². The zero-order chi connectivity index (χ0) is 12.8. The van der Waals surface area contributed by atoms with E-state index in [0.717, 1.165) is 4.47 Å². The second-order valence-corrected chi connectivity index (χ2v) is 5.45. The second-order valence-electron chi connectivity index (χ2n) is 4.60. The lowest BCUT2D eigenvalue weighted by atomic mass is 9.90. The summed E-state index contributed by atoms with van der Waals surface area (Å²) in [7, 11) is 0. The van der Waals surface area contributed by atoms with Crippen molar-refractivity contribution in [3.63, 3.8) is 0 Å². The zero-order valence-electron chi connectivity index (χ0n) is 10.2. The molecule has 1 amide bonds. The number of rotatable bonds is 3. The normalized spacial score (nSPS) is 16.9. The lowest BCUT2D eigenvalue weighted by Crippen LogP contribution is -2.19. The fraction of sp³-hybridized carbons (Fsp3) is 0.429. The van der Waals surface area contributed by atoms with Crippen molar-refractivity contribution < 1.29 is 4.79 Å². The van der Waals surface area contributed by atoms with Gasteiger partial charge in [0, 0.05) is 10.7 Å². The molecule has 0 atom stereocenters. The Morgan fingerprint density at radius 2 is 2.00 bits per heavy atom. The highest BCUT2D eigenvalue weighted by molar-refractivity contribution is 9.10. The third-order valence-electron chi connectivity index (χ3n) is 3.22. The molecule has 0 radical (unpaired) electrons. The molecule has 1 aromatic rings. The maximum Gasteiger partial charge on any atom is 0.272 e. The summed E-state index contributed by atoms with van der Waals surface area (Å²) in [6.07, 6.45) is 8.13. The van der Waals surface area contributed by atoms with E-state index in [4.69, 9.17) is 0 Å². The highest BCUT2D eigenvalue weighted by Gasteiger charge is 2.11. The first-order valence-corrected chi connectivity index (χ1v) is 7.15. The summed E-state index contributed by atoms with van der Waals surface area (Å²) in [6, 6.07) is 7.34. The van der Waals surface area contributed by atoms with Crippen LogP contribution < -0.4 is 5.43 Å². The van der Waals surface area contributed by atoms with Crippen LogP contribution in [0.25, 0.3) is 0 Å². The number of hydrogen-bond acceptors (Lipinski definition) is 2. The molecule has 0 aromatic heterocycles. The van der Waals surface area contributed by atoms with E-state index in [-0.39, 0.29) is 5.91 Å². The maximum atomic E-state index is 11.9. The van der Waals surface area contributed by atoms with Crippen LogP contribution in [0.2, 0.25) is 0 Å². The van der Waals surface area contributed by atoms with Crippen LogP contribution in [0.4, 0.5) is 0 Å². The molecule has 4 heteroatoms. The average Bonchev–Trinajstić information content (AvgIpc) is 2.40. The molecule has 0 spiro atoms. The summed E-state index contributed by atoms with van der Waals surface area (Å²) in [5.74, 6) is 0.354. The van der Waals surface area contributed by atoms with Crippen molar-refractivity contribution in [2.75, 3.05) is 0 Å². The number of amides is 1. The molecule has 18 heavy (non-hydrogen) atoms. The SMILES string of the molecule is O=C(NN=CC1CCCCC1)c1ccccc1Br. The van der Waals surface area contributed by atoms with Gasteiger partial charge in [0.15, 0.2) is 0 Å². The molecule has 0 saturated heterocycles. The fourth-order valence-corrected chi connectivity index (χ4v) is 2.65. The molecule has 1 fully saturated rings. The predicted molar refractivity (Wildman–Crippen MR) is 76.7 cm³/mol. The van der Waals surface area contributed by atoms with Gasteiger partial charge in [-0.05, 0) is 46.8 Å². The second kappa shape index (κ2) is 6.69. The van der Waals surface area contributed by atoms with Gasteiger partial charge in [-0.25, -0.2) is 5.43 Å². The van der Waals surface area contributed by atoms with E-state index in [0.29, 0.717) is 11.5 Å². The number of hydrogen-bond donors (Lipinski definition) is 1. The van der Waals surface area contributed by atoms with Crippen molar-refractivity contribution in [2.24, 2.45) is 11.0 Å². The molecule has 1 aliphatic rings. The van der Waals surface area contributed by atoms with Crippen LogP contribution in [0.3, 0.4) is 0 Å². The van der Waals surface area contributed by atoms with Gasteiger partial charge in [0.25, 0.3) is 5.91 Å². The monoisotopic (exact) mass is 308 g/mol. The third-order valence-corrected chi connectivity index (χ3v) is 3.91.